The number of carbonyl (C=O) groups is 1. The van der Waals surface area contributed by atoms with Crippen molar-refractivity contribution in [2.75, 3.05) is 13.7 Å². The molecule has 8 atom stereocenters. The number of amides is 1. The molecule has 38 heavy (non-hydrogen) atoms. The molecule has 0 bridgehead atoms. The summed E-state index contributed by atoms with van der Waals surface area (Å²) in [5.41, 5.74) is 3.06. The molecule has 0 heterocycles. The van der Waals surface area contributed by atoms with E-state index in [2.05, 4.69) is 59.9 Å². The van der Waals surface area contributed by atoms with Crippen LogP contribution in [0.25, 0.3) is 0 Å². The van der Waals surface area contributed by atoms with E-state index in [4.69, 9.17) is 5.11 Å². The molecule has 8 unspecified atom stereocenters. The second-order valence-electron chi connectivity index (χ2n) is 14.4. The van der Waals surface area contributed by atoms with Crippen LogP contribution in [0.1, 0.15) is 138 Å². The van der Waals surface area contributed by atoms with E-state index in [1.165, 1.54) is 83.5 Å². The lowest BCUT2D eigenvalue weighted by Crippen LogP contribution is -2.50. The van der Waals surface area contributed by atoms with Gasteiger partial charge in [-0.25, -0.2) is 0 Å². The van der Waals surface area contributed by atoms with Crippen molar-refractivity contribution in [1.82, 2.24) is 5.32 Å². The number of nitrogens with one attached hydrogen (secondary N) is 1. The maximum atomic E-state index is 9.66. The van der Waals surface area contributed by atoms with E-state index < -0.39 is 0 Å². The van der Waals surface area contributed by atoms with Gasteiger partial charge >= 0.3 is 0 Å². The summed E-state index contributed by atoms with van der Waals surface area (Å²) < 4.78 is 0. The van der Waals surface area contributed by atoms with Gasteiger partial charge in [0.2, 0.25) is 6.41 Å². The van der Waals surface area contributed by atoms with E-state index in [0.29, 0.717) is 10.8 Å². The molecule has 0 aliphatic heterocycles. The highest BCUT2D eigenvalue weighted by molar-refractivity contribution is 5.45. The zero-order valence-electron chi connectivity index (χ0n) is 26.7. The molecule has 3 nitrogen and oxygen atoms in total. The summed E-state index contributed by atoms with van der Waals surface area (Å²) in [7, 11) is 1.00. The number of aliphatic hydroxyl groups is 1. The predicted octanol–water partition coefficient (Wildman–Crippen LogP) is 9.20. The highest BCUT2D eigenvalue weighted by Gasteiger charge is 2.58. The van der Waals surface area contributed by atoms with Crippen LogP contribution >= 0.6 is 0 Å². The van der Waals surface area contributed by atoms with Gasteiger partial charge in [0.25, 0.3) is 0 Å². The first-order valence-electron chi connectivity index (χ1n) is 16.5. The van der Waals surface area contributed by atoms with E-state index in [0.717, 1.165) is 67.9 Å². The minimum Gasteiger partial charge on any atom is -0.400 e. The van der Waals surface area contributed by atoms with Gasteiger partial charge in [-0.3, -0.25) is 4.79 Å². The molecule has 2 N–H and O–H groups in total. The van der Waals surface area contributed by atoms with Gasteiger partial charge in [0.05, 0.1) is 0 Å². The average molecular weight is 532 g/mol. The van der Waals surface area contributed by atoms with Crippen LogP contribution in [0.2, 0.25) is 0 Å². The molecule has 0 saturated heterocycles. The largest absolute Gasteiger partial charge is 0.400 e. The Hall–Kier alpha value is -0.830. The zero-order valence-corrected chi connectivity index (χ0v) is 26.7. The summed E-state index contributed by atoms with van der Waals surface area (Å²) in [6.45, 7) is 18.2. The van der Waals surface area contributed by atoms with E-state index in [1.807, 2.05) is 5.57 Å². The Balaban J connectivity index is 0.000000437. The van der Waals surface area contributed by atoms with Gasteiger partial charge < -0.3 is 10.4 Å². The Morgan fingerprint density at radius 3 is 2.39 bits per heavy atom. The molecular weight excluding hydrogens is 466 g/mol. The van der Waals surface area contributed by atoms with Crippen LogP contribution in [0.15, 0.2) is 11.6 Å². The predicted molar refractivity (Wildman–Crippen MR) is 164 cm³/mol. The molecule has 3 saturated carbocycles. The Morgan fingerprint density at radius 1 is 1.00 bits per heavy atom. The topological polar surface area (TPSA) is 49.3 Å². The molecule has 222 valence electrons. The maximum Gasteiger partial charge on any atom is 0.207 e. The van der Waals surface area contributed by atoms with E-state index >= 15 is 0 Å². The second-order valence-corrected chi connectivity index (χ2v) is 14.4. The van der Waals surface area contributed by atoms with Crippen molar-refractivity contribution in [3.05, 3.63) is 11.6 Å². The van der Waals surface area contributed by atoms with Crippen LogP contribution in [0, 0.1) is 52.3 Å². The fraction of sp³-hybridized carbons (Fsp3) is 0.914. The number of fused-ring (bicyclic) bond motifs is 5. The van der Waals surface area contributed by atoms with Crippen LogP contribution in [0.5, 0.6) is 0 Å². The molecule has 0 spiro atoms. The SMILES string of the molecule is CC(C)CCCC(C)C1CCC2C3CC=C4CC(C)CCC4(C)C3CCC12C.CCCCCNC=O.CO. The monoisotopic (exact) mass is 532 g/mol. The third-order valence-corrected chi connectivity index (χ3v) is 11.6. The summed E-state index contributed by atoms with van der Waals surface area (Å²) in [6, 6.07) is 0. The first-order valence-corrected chi connectivity index (χ1v) is 16.5. The van der Waals surface area contributed by atoms with Crippen LogP contribution in [0.3, 0.4) is 0 Å². The van der Waals surface area contributed by atoms with Gasteiger partial charge in [-0.2, -0.15) is 0 Å². The van der Waals surface area contributed by atoms with Crippen LogP contribution < -0.4 is 5.32 Å². The van der Waals surface area contributed by atoms with E-state index in [-0.39, 0.29) is 0 Å². The highest BCUT2D eigenvalue weighted by Crippen LogP contribution is 2.67. The van der Waals surface area contributed by atoms with Crippen LogP contribution in [-0.2, 0) is 4.79 Å². The second kappa shape index (κ2) is 15.8. The van der Waals surface area contributed by atoms with Crippen molar-refractivity contribution in [2.45, 2.75) is 138 Å². The number of hydrogen-bond donors (Lipinski definition) is 2. The maximum absolute atomic E-state index is 9.66. The third-order valence-electron chi connectivity index (χ3n) is 11.6. The number of hydrogen-bond acceptors (Lipinski definition) is 2. The zero-order chi connectivity index (χ0) is 28.3. The molecule has 3 fully saturated rings. The van der Waals surface area contributed by atoms with Crippen molar-refractivity contribution >= 4 is 6.41 Å². The van der Waals surface area contributed by atoms with E-state index in [1.54, 1.807) is 0 Å². The minimum absolute atomic E-state index is 0.553. The molecule has 0 aromatic heterocycles. The lowest BCUT2D eigenvalue weighted by Gasteiger charge is -2.58. The molecule has 0 aromatic carbocycles. The standard InChI is InChI=1S/C28H48.C6H13NO.CH4O/c1-19(2)8-7-9-21(4)24-12-13-25-23-11-10-22-18-20(3)14-16-27(22,5)26(23)15-17-28(24,25)6;1-2-3-4-5-7-6-8;1-2/h10,19-21,23-26H,7-9,11-18H2,1-6H3;6H,2-5H2,1H3,(H,7,8);2H,1H3. The fourth-order valence-corrected chi connectivity index (χ4v) is 9.40. The fourth-order valence-electron chi connectivity index (χ4n) is 9.40. The number of rotatable bonds is 10. The Morgan fingerprint density at radius 2 is 1.74 bits per heavy atom. The smallest absolute Gasteiger partial charge is 0.207 e. The third kappa shape index (κ3) is 7.88. The van der Waals surface area contributed by atoms with Gasteiger partial charge in [0.1, 0.15) is 0 Å². The van der Waals surface area contributed by atoms with Crippen LogP contribution in [-0.4, -0.2) is 25.2 Å². The molecular formula is C35H65NO2. The van der Waals surface area contributed by atoms with Gasteiger partial charge in [-0.05, 0) is 110 Å². The number of unbranched alkanes of at least 4 members (excludes halogenated alkanes) is 2. The highest BCUT2D eigenvalue weighted by atomic mass is 16.2. The van der Waals surface area contributed by atoms with Gasteiger partial charge in [-0.1, -0.05) is 92.2 Å². The van der Waals surface area contributed by atoms with Gasteiger partial charge in [-0.15, -0.1) is 0 Å². The van der Waals surface area contributed by atoms with Crippen molar-refractivity contribution in [3.8, 4) is 0 Å². The van der Waals surface area contributed by atoms with Gasteiger partial charge in [0.15, 0.2) is 0 Å². The normalized spacial score (nSPS) is 36.3. The lowest BCUT2D eigenvalue weighted by atomic mass is 9.46. The molecule has 4 rings (SSSR count). The lowest BCUT2D eigenvalue weighted by molar-refractivity contribution is -0.109. The summed E-state index contributed by atoms with van der Waals surface area (Å²) in [6.07, 6.45) is 23.2. The van der Waals surface area contributed by atoms with E-state index in [9.17, 15) is 4.79 Å². The minimum atomic E-state index is 0.553. The summed E-state index contributed by atoms with van der Waals surface area (Å²) >= 11 is 0. The number of allylic oxidation sites excluding steroid dienone is 2. The Bertz CT molecular complexity index is 717. The van der Waals surface area contributed by atoms with Crippen molar-refractivity contribution in [3.63, 3.8) is 0 Å². The first-order chi connectivity index (χ1) is 18.2. The summed E-state index contributed by atoms with van der Waals surface area (Å²) in [5.74, 6) is 6.73. The molecule has 0 aromatic rings. The number of aliphatic hydroxyl groups excluding tert-OH is 1. The van der Waals surface area contributed by atoms with Crippen molar-refractivity contribution in [1.29, 1.82) is 0 Å². The Kier molecular flexibility index (Phi) is 13.9. The van der Waals surface area contributed by atoms with Crippen molar-refractivity contribution < 1.29 is 9.90 Å². The van der Waals surface area contributed by atoms with Gasteiger partial charge in [0, 0.05) is 13.7 Å². The molecule has 3 heteroatoms. The number of carbonyl (C=O) groups excluding carboxylic acids is 1. The molecule has 4 aliphatic carbocycles. The molecule has 4 aliphatic rings. The quantitative estimate of drug-likeness (QED) is 0.168. The average Bonchev–Trinajstić information content (AvgIpc) is 3.26. The molecule has 0 radical (unpaired) electrons. The molecule has 1 amide bonds. The summed E-state index contributed by atoms with van der Waals surface area (Å²) in [5, 5.41) is 9.60. The first kappa shape index (κ1) is 33.4. The summed E-state index contributed by atoms with van der Waals surface area (Å²) in [4.78, 5) is 9.66. The van der Waals surface area contributed by atoms with Crippen LogP contribution in [0.4, 0.5) is 0 Å². The Labute approximate surface area is 237 Å². The van der Waals surface area contributed by atoms with Crippen molar-refractivity contribution in [2.24, 2.45) is 52.3 Å².